The minimum absolute atomic E-state index is 0.255. The van der Waals surface area contributed by atoms with Crippen LogP contribution in [0.3, 0.4) is 0 Å². The van der Waals surface area contributed by atoms with Gasteiger partial charge in [0.1, 0.15) is 0 Å². The number of hydrogen-bond donors (Lipinski definition) is 0. The lowest BCUT2D eigenvalue weighted by Crippen LogP contribution is -2.24. The molecule has 1 heterocycles. The van der Waals surface area contributed by atoms with Crippen LogP contribution >= 0.6 is 23.2 Å². The lowest BCUT2D eigenvalue weighted by atomic mass is 10.0. The van der Waals surface area contributed by atoms with E-state index >= 15 is 0 Å². The molecule has 4 nitrogen and oxygen atoms in total. The lowest BCUT2D eigenvalue weighted by molar-refractivity contribution is -0.136. The van der Waals surface area contributed by atoms with E-state index in [0.29, 0.717) is 27.9 Å². The largest absolute Gasteiger partial charge is 0.465 e. The smallest absolute Gasteiger partial charge is 0.340 e. The molecule has 1 aliphatic heterocycles. The van der Waals surface area contributed by atoms with E-state index < -0.39 is 5.97 Å². The summed E-state index contributed by atoms with van der Waals surface area (Å²) in [4.78, 5) is 27.1. The second-order valence-electron chi connectivity index (χ2n) is 6.56. The second-order valence-corrected chi connectivity index (χ2v) is 7.37. The number of benzene rings is 2. The summed E-state index contributed by atoms with van der Waals surface area (Å²) in [6, 6.07) is 12.9. The van der Waals surface area contributed by atoms with E-state index in [9.17, 15) is 9.59 Å². The summed E-state index contributed by atoms with van der Waals surface area (Å²) in [5, 5.41) is 0.792. The van der Waals surface area contributed by atoms with Crippen LogP contribution in [-0.4, -0.2) is 23.9 Å². The molecule has 0 atom stereocenters. The fraction of sp³-hybridized carbons (Fsp3) is 0.182. The normalized spacial score (nSPS) is 15.5. The molecule has 0 spiro atoms. The van der Waals surface area contributed by atoms with E-state index in [1.165, 1.54) is 7.11 Å². The molecule has 0 aliphatic carbocycles. The van der Waals surface area contributed by atoms with Gasteiger partial charge in [0.2, 0.25) is 0 Å². The van der Waals surface area contributed by atoms with Gasteiger partial charge in [0.15, 0.2) is 0 Å². The molecule has 144 valence electrons. The molecule has 1 amide bonds. The average Bonchev–Trinajstić information content (AvgIpc) is 2.90. The van der Waals surface area contributed by atoms with E-state index in [2.05, 4.69) is 0 Å². The Hall–Kier alpha value is -2.56. The number of ether oxygens (including phenoxy) is 1. The van der Waals surface area contributed by atoms with Gasteiger partial charge in [0.25, 0.3) is 5.91 Å². The predicted octanol–water partition coefficient (Wildman–Crippen LogP) is 5.17. The molecular weight excluding hydrogens is 397 g/mol. The molecule has 6 heteroatoms. The average molecular weight is 416 g/mol. The molecule has 0 unspecified atom stereocenters. The number of esters is 1. The Balaban J connectivity index is 2.02. The topological polar surface area (TPSA) is 46.6 Å². The third-order valence-corrected chi connectivity index (χ3v) is 5.36. The van der Waals surface area contributed by atoms with Crippen LogP contribution in [0.4, 0.5) is 0 Å². The van der Waals surface area contributed by atoms with Gasteiger partial charge in [-0.3, -0.25) is 4.79 Å². The maximum atomic E-state index is 13.1. The summed E-state index contributed by atoms with van der Waals surface area (Å²) in [6.45, 7) is 4.11. The van der Waals surface area contributed by atoms with Crippen molar-refractivity contribution < 1.29 is 14.3 Å². The van der Waals surface area contributed by atoms with Gasteiger partial charge in [-0.15, -0.1) is 0 Å². The molecule has 0 saturated heterocycles. The molecule has 0 bridgehead atoms. The highest BCUT2D eigenvalue weighted by Crippen LogP contribution is 2.33. The van der Waals surface area contributed by atoms with Gasteiger partial charge in [0.05, 0.1) is 34.8 Å². The Morgan fingerprint density at radius 2 is 1.75 bits per heavy atom. The molecule has 0 fully saturated rings. The summed E-state index contributed by atoms with van der Waals surface area (Å²) in [5.41, 5.74) is 3.87. The Morgan fingerprint density at radius 1 is 1.07 bits per heavy atom. The summed E-state index contributed by atoms with van der Waals surface area (Å²) in [6.07, 6.45) is 1.63. The van der Waals surface area contributed by atoms with Crippen molar-refractivity contribution in [2.75, 3.05) is 7.11 Å². The maximum absolute atomic E-state index is 13.1. The number of allylic oxidation sites excluding steroid dienone is 1. The minimum atomic E-state index is -0.552. The molecule has 0 N–H and O–H groups in total. The summed E-state index contributed by atoms with van der Waals surface area (Å²) in [7, 11) is 1.30. The van der Waals surface area contributed by atoms with Crippen LogP contribution in [0, 0.1) is 6.92 Å². The van der Waals surface area contributed by atoms with Crippen molar-refractivity contribution in [3.05, 3.63) is 86.0 Å². The Bertz CT molecular complexity index is 1010. The van der Waals surface area contributed by atoms with Crippen molar-refractivity contribution in [1.29, 1.82) is 0 Å². The van der Waals surface area contributed by atoms with Crippen LogP contribution < -0.4 is 0 Å². The summed E-state index contributed by atoms with van der Waals surface area (Å²) >= 11 is 12.0. The van der Waals surface area contributed by atoms with Crippen LogP contribution in [0.25, 0.3) is 6.08 Å². The zero-order valence-corrected chi connectivity index (χ0v) is 17.3. The van der Waals surface area contributed by atoms with E-state index in [-0.39, 0.29) is 17.1 Å². The van der Waals surface area contributed by atoms with Gasteiger partial charge in [0, 0.05) is 5.70 Å². The highest BCUT2D eigenvalue weighted by molar-refractivity contribution is 6.42. The SMILES string of the molecule is COC(=O)C1=C(C)N(Cc2ccc(C)cc2)C(=O)/C1=C\c1ccc(Cl)c(Cl)c1. The lowest BCUT2D eigenvalue weighted by Gasteiger charge is -2.18. The molecule has 2 aromatic carbocycles. The van der Waals surface area contributed by atoms with Crippen LogP contribution in [0.5, 0.6) is 0 Å². The number of rotatable bonds is 4. The molecule has 1 aliphatic rings. The van der Waals surface area contributed by atoms with Gasteiger partial charge in [-0.1, -0.05) is 59.1 Å². The molecule has 0 radical (unpaired) electrons. The number of amides is 1. The molecule has 0 saturated carbocycles. The maximum Gasteiger partial charge on any atom is 0.340 e. The number of carbonyl (C=O) groups excluding carboxylic acids is 2. The zero-order chi connectivity index (χ0) is 20.4. The van der Waals surface area contributed by atoms with E-state index in [0.717, 1.165) is 11.1 Å². The Morgan fingerprint density at radius 3 is 2.36 bits per heavy atom. The Kier molecular flexibility index (Phi) is 5.92. The van der Waals surface area contributed by atoms with Crippen molar-refractivity contribution in [1.82, 2.24) is 4.90 Å². The van der Waals surface area contributed by atoms with Gasteiger partial charge < -0.3 is 9.64 Å². The van der Waals surface area contributed by atoms with Gasteiger partial charge in [-0.2, -0.15) is 0 Å². The minimum Gasteiger partial charge on any atom is -0.465 e. The molecular formula is C22H19Cl2NO3. The number of carbonyl (C=O) groups is 2. The molecule has 2 aromatic rings. The second kappa shape index (κ2) is 8.21. The fourth-order valence-corrected chi connectivity index (χ4v) is 3.37. The van der Waals surface area contributed by atoms with Crippen LogP contribution in [-0.2, 0) is 20.9 Å². The Labute approximate surface area is 174 Å². The van der Waals surface area contributed by atoms with Crippen molar-refractivity contribution in [3.63, 3.8) is 0 Å². The highest BCUT2D eigenvalue weighted by atomic mass is 35.5. The third kappa shape index (κ3) is 3.98. The van der Waals surface area contributed by atoms with E-state index in [1.54, 1.807) is 36.1 Å². The van der Waals surface area contributed by atoms with E-state index in [4.69, 9.17) is 27.9 Å². The standard InChI is InChI=1S/C22H19Cl2NO3/c1-13-4-6-15(7-5-13)12-25-14(2)20(22(27)28-3)17(21(25)26)10-16-8-9-18(23)19(24)11-16/h4-11H,12H2,1-3H3/b17-10-. The van der Waals surface area contributed by atoms with Crippen molar-refractivity contribution >= 4 is 41.2 Å². The highest BCUT2D eigenvalue weighted by Gasteiger charge is 2.36. The number of nitrogens with zero attached hydrogens (tertiary/aromatic N) is 1. The van der Waals surface area contributed by atoms with Gasteiger partial charge >= 0.3 is 5.97 Å². The predicted molar refractivity (Wildman–Crippen MR) is 111 cm³/mol. The summed E-state index contributed by atoms with van der Waals surface area (Å²) < 4.78 is 4.91. The fourth-order valence-electron chi connectivity index (χ4n) is 3.06. The van der Waals surface area contributed by atoms with Crippen LogP contribution in [0.15, 0.2) is 59.3 Å². The van der Waals surface area contributed by atoms with Crippen LogP contribution in [0.1, 0.15) is 23.6 Å². The number of hydrogen-bond acceptors (Lipinski definition) is 3. The van der Waals surface area contributed by atoms with Gasteiger partial charge in [-0.05, 0) is 43.2 Å². The van der Waals surface area contributed by atoms with Gasteiger partial charge in [-0.25, -0.2) is 4.79 Å². The van der Waals surface area contributed by atoms with Crippen LogP contribution in [0.2, 0.25) is 10.0 Å². The first-order chi connectivity index (χ1) is 13.3. The number of halogens is 2. The molecule has 28 heavy (non-hydrogen) atoms. The third-order valence-electron chi connectivity index (χ3n) is 4.62. The number of methoxy groups -OCH3 is 1. The molecule has 3 rings (SSSR count). The van der Waals surface area contributed by atoms with Crippen molar-refractivity contribution in [2.45, 2.75) is 20.4 Å². The van der Waals surface area contributed by atoms with Crippen molar-refractivity contribution in [2.24, 2.45) is 0 Å². The quantitative estimate of drug-likeness (QED) is 0.510. The molecule has 0 aromatic heterocycles. The summed E-state index contributed by atoms with van der Waals surface area (Å²) in [5.74, 6) is -0.812. The van der Waals surface area contributed by atoms with Crippen molar-refractivity contribution in [3.8, 4) is 0 Å². The van der Waals surface area contributed by atoms with E-state index in [1.807, 2.05) is 31.2 Å². The first-order valence-electron chi connectivity index (χ1n) is 8.65. The number of aryl methyl sites for hydroxylation is 1. The zero-order valence-electron chi connectivity index (χ0n) is 15.8. The first-order valence-corrected chi connectivity index (χ1v) is 9.41. The monoisotopic (exact) mass is 415 g/mol. The first kappa shape index (κ1) is 20.2.